The van der Waals surface area contributed by atoms with E-state index in [2.05, 4.69) is 25.6 Å². The second-order valence-electron chi connectivity index (χ2n) is 9.53. The van der Waals surface area contributed by atoms with Gasteiger partial charge in [0, 0.05) is 23.9 Å². The number of nitrogens with two attached hydrogens (primary N) is 1. The zero-order valence-electron chi connectivity index (χ0n) is 22.3. The fourth-order valence-electron chi connectivity index (χ4n) is 4.81. The second-order valence-corrected chi connectivity index (χ2v) is 12.0. The van der Waals surface area contributed by atoms with Crippen molar-refractivity contribution in [1.29, 1.82) is 0 Å². The lowest BCUT2D eigenvalue weighted by Gasteiger charge is -2.11. The average Bonchev–Trinajstić information content (AvgIpc) is 3.44. The summed E-state index contributed by atoms with van der Waals surface area (Å²) in [5, 5.41) is 0.749. The molecule has 2 heterocycles. The number of halogens is 1. The largest absolute Gasteiger partial charge is 0.455 e. The summed E-state index contributed by atoms with van der Waals surface area (Å²) in [7, 11) is -4.07. The predicted octanol–water partition coefficient (Wildman–Crippen LogP) is 5.59. The third-order valence-electron chi connectivity index (χ3n) is 6.66. The van der Waals surface area contributed by atoms with Gasteiger partial charge in [-0.2, -0.15) is 0 Å². The Balaban J connectivity index is 1.51. The molecule has 2 amide bonds. The van der Waals surface area contributed by atoms with Crippen LogP contribution in [0.3, 0.4) is 0 Å². The number of carbonyl (C=O) groups is 2. The molecule has 0 aliphatic heterocycles. The van der Waals surface area contributed by atoms with Crippen LogP contribution in [0.25, 0.3) is 22.3 Å². The van der Waals surface area contributed by atoms with Gasteiger partial charge < -0.3 is 14.7 Å². The van der Waals surface area contributed by atoms with E-state index in [0.717, 1.165) is 23.2 Å². The number of imidazole rings is 1. The molecule has 41 heavy (non-hydrogen) atoms. The summed E-state index contributed by atoms with van der Waals surface area (Å²) < 4.78 is 36.3. The fraction of sp³-hybridized carbons (Fsp3) is 0.167. The highest BCUT2D eigenvalue weighted by molar-refractivity contribution is 9.10. The maximum atomic E-state index is 13.2. The Bertz CT molecular complexity index is 1900. The highest BCUT2D eigenvalue weighted by Crippen LogP contribution is 2.39. The van der Waals surface area contributed by atoms with Gasteiger partial charge in [-0.25, -0.2) is 18.1 Å². The molecule has 9 nitrogen and oxygen atoms in total. The quantitative estimate of drug-likeness (QED) is 0.217. The van der Waals surface area contributed by atoms with E-state index in [-0.39, 0.29) is 10.5 Å². The van der Waals surface area contributed by atoms with E-state index in [1.165, 1.54) is 18.2 Å². The lowest BCUT2D eigenvalue weighted by Crippen LogP contribution is -2.30. The topological polar surface area (TPSA) is 137 Å². The van der Waals surface area contributed by atoms with Crippen molar-refractivity contribution in [2.45, 2.75) is 38.1 Å². The summed E-state index contributed by atoms with van der Waals surface area (Å²) in [5.74, 6) is -0.149. The number of aryl methyl sites for hydroxylation is 2. The van der Waals surface area contributed by atoms with Crippen molar-refractivity contribution >= 4 is 48.7 Å². The number of carbonyl (C=O) groups excluding carboxylic acids is 2. The Hall–Kier alpha value is -4.22. The van der Waals surface area contributed by atoms with Crippen LogP contribution in [-0.4, -0.2) is 29.8 Å². The van der Waals surface area contributed by atoms with Crippen LogP contribution in [0.2, 0.25) is 0 Å². The molecule has 5 rings (SSSR count). The summed E-state index contributed by atoms with van der Waals surface area (Å²) in [6, 6.07) is 20.0. The zero-order chi connectivity index (χ0) is 29.3. The third-order valence-corrected chi connectivity index (χ3v) is 8.79. The van der Waals surface area contributed by atoms with E-state index in [9.17, 15) is 18.0 Å². The molecule has 0 spiro atoms. The van der Waals surface area contributed by atoms with Crippen molar-refractivity contribution in [2.24, 2.45) is 5.73 Å². The molecular formula is C30H27BrN4O5S. The number of nitrogens with one attached hydrogen (secondary N) is 1. The first kappa shape index (κ1) is 28.3. The maximum Gasteiger partial charge on any atom is 0.267 e. The number of amides is 2. The predicted molar refractivity (Wildman–Crippen MR) is 159 cm³/mol. The molecular weight excluding hydrogens is 608 g/mol. The summed E-state index contributed by atoms with van der Waals surface area (Å²) in [6.07, 6.45) is 1.57. The van der Waals surface area contributed by atoms with E-state index < -0.39 is 21.8 Å². The van der Waals surface area contributed by atoms with E-state index >= 15 is 0 Å². The van der Waals surface area contributed by atoms with Gasteiger partial charge in [-0.15, -0.1) is 0 Å². The monoisotopic (exact) mass is 634 g/mol. The van der Waals surface area contributed by atoms with Gasteiger partial charge in [0.2, 0.25) is 0 Å². The van der Waals surface area contributed by atoms with Crippen LogP contribution in [0.1, 0.15) is 51.3 Å². The molecule has 11 heteroatoms. The lowest BCUT2D eigenvalue weighted by atomic mass is 10.0. The van der Waals surface area contributed by atoms with Crippen molar-refractivity contribution in [1.82, 2.24) is 14.3 Å². The Kier molecular flexibility index (Phi) is 7.83. The van der Waals surface area contributed by atoms with Crippen molar-refractivity contribution in [3.63, 3.8) is 0 Å². The highest BCUT2D eigenvalue weighted by Gasteiger charge is 2.24. The van der Waals surface area contributed by atoms with Gasteiger partial charge in [0.05, 0.1) is 20.6 Å². The van der Waals surface area contributed by atoms with E-state index in [1.807, 2.05) is 29.7 Å². The second kappa shape index (κ2) is 11.3. The molecule has 0 fully saturated rings. The molecule has 0 saturated heterocycles. The third kappa shape index (κ3) is 5.55. The maximum absolute atomic E-state index is 13.2. The molecule has 3 aromatic carbocycles. The van der Waals surface area contributed by atoms with Crippen LogP contribution in [0, 0.1) is 6.92 Å². The summed E-state index contributed by atoms with van der Waals surface area (Å²) in [4.78, 5) is 29.9. The minimum atomic E-state index is -4.07. The molecule has 3 N–H and O–H groups in total. The summed E-state index contributed by atoms with van der Waals surface area (Å²) in [6.45, 7) is 4.20. The molecule has 0 aliphatic rings. The number of aromatic nitrogens is 2. The van der Waals surface area contributed by atoms with Crippen LogP contribution < -0.4 is 10.5 Å². The molecule has 0 saturated carbocycles. The Morgan fingerprint density at radius 2 is 1.76 bits per heavy atom. The van der Waals surface area contributed by atoms with Crippen molar-refractivity contribution in [3.8, 4) is 11.3 Å². The number of sulfonamides is 1. The van der Waals surface area contributed by atoms with Crippen molar-refractivity contribution < 1.29 is 22.4 Å². The Labute approximate surface area is 245 Å². The fourth-order valence-corrected chi connectivity index (χ4v) is 6.40. The van der Waals surface area contributed by atoms with Crippen molar-refractivity contribution in [2.75, 3.05) is 0 Å². The molecule has 0 atom stereocenters. The number of furan rings is 1. The molecule has 2 aromatic heterocycles. The summed E-state index contributed by atoms with van der Waals surface area (Å²) >= 11 is 3.63. The van der Waals surface area contributed by atoms with Crippen LogP contribution in [-0.2, 0) is 23.0 Å². The van der Waals surface area contributed by atoms with Gasteiger partial charge in [-0.3, -0.25) is 9.59 Å². The van der Waals surface area contributed by atoms with Gasteiger partial charge in [-0.05, 0) is 65.2 Å². The van der Waals surface area contributed by atoms with E-state index in [4.69, 9.17) is 10.2 Å². The molecule has 0 radical (unpaired) electrons. The van der Waals surface area contributed by atoms with E-state index in [0.29, 0.717) is 45.7 Å². The van der Waals surface area contributed by atoms with Crippen LogP contribution in [0.5, 0.6) is 0 Å². The number of hydrogen-bond donors (Lipinski definition) is 2. The van der Waals surface area contributed by atoms with Gasteiger partial charge in [0.25, 0.3) is 21.8 Å². The van der Waals surface area contributed by atoms with Gasteiger partial charge >= 0.3 is 0 Å². The smallest absolute Gasteiger partial charge is 0.267 e. The van der Waals surface area contributed by atoms with Crippen LogP contribution >= 0.6 is 15.9 Å². The minimum Gasteiger partial charge on any atom is -0.455 e. The number of fused-ring (bicyclic) bond motifs is 1. The lowest BCUT2D eigenvalue weighted by molar-refractivity contribution is 0.0976. The summed E-state index contributed by atoms with van der Waals surface area (Å²) in [5.41, 5.74) is 8.66. The first-order valence-electron chi connectivity index (χ1n) is 12.9. The highest BCUT2D eigenvalue weighted by atomic mass is 79.9. The normalized spacial score (nSPS) is 11.6. The average molecular weight is 636 g/mol. The first-order valence-corrected chi connectivity index (χ1v) is 15.2. The number of rotatable bonds is 9. The van der Waals surface area contributed by atoms with Gasteiger partial charge in [0.15, 0.2) is 0 Å². The molecule has 0 unspecified atom stereocenters. The zero-order valence-corrected chi connectivity index (χ0v) is 24.8. The van der Waals surface area contributed by atoms with Gasteiger partial charge in [0.1, 0.15) is 22.9 Å². The van der Waals surface area contributed by atoms with Gasteiger partial charge in [-0.1, -0.05) is 49.4 Å². The van der Waals surface area contributed by atoms with Crippen molar-refractivity contribution in [3.05, 3.63) is 106 Å². The number of primary amides is 1. The molecule has 5 aromatic rings. The van der Waals surface area contributed by atoms with E-state index in [1.54, 1.807) is 43.3 Å². The standard InChI is InChI=1S/C30H27BrN4O5S/c1-3-9-25-33-18(2)27(29(32)36)35(25)17-19-14-15-24-23(16-19)26(31)28(40-24)21-12-7-8-13-22(21)30(37)34-41(38,39)20-10-5-4-6-11-20/h4-8,10-16H,3,9,17H2,1-2H3,(H2,32,36)(H,34,37). The SMILES string of the molecule is CCCc1nc(C)c(C(N)=O)n1Cc1ccc2oc(-c3ccccc3C(=O)NS(=O)(=O)c3ccccc3)c(Br)c2c1. The molecule has 210 valence electrons. The number of hydrogen-bond acceptors (Lipinski definition) is 6. The van der Waals surface area contributed by atoms with Crippen LogP contribution in [0.15, 0.2) is 86.6 Å². The first-order chi connectivity index (χ1) is 19.6. The number of benzene rings is 3. The van der Waals surface area contributed by atoms with Crippen LogP contribution in [0.4, 0.5) is 0 Å². The molecule has 0 bridgehead atoms. The Morgan fingerprint density at radius 1 is 1.05 bits per heavy atom. The molecule has 0 aliphatic carbocycles. The number of nitrogens with zero attached hydrogens (tertiary/aromatic N) is 2. The Morgan fingerprint density at radius 3 is 2.46 bits per heavy atom. The minimum absolute atomic E-state index is 0.0158.